The van der Waals surface area contributed by atoms with E-state index < -0.39 is 0 Å². The first-order valence-electron chi connectivity index (χ1n) is 7.82. The number of rotatable bonds is 3. The van der Waals surface area contributed by atoms with Gasteiger partial charge < -0.3 is 9.64 Å². The van der Waals surface area contributed by atoms with Crippen LogP contribution in [0.3, 0.4) is 0 Å². The molecule has 0 N–H and O–H groups in total. The number of benzene rings is 1. The highest BCUT2D eigenvalue weighted by atomic mass is 32.1. The van der Waals surface area contributed by atoms with E-state index in [1.165, 1.54) is 0 Å². The minimum absolute atomic E-state index is 0.0518. The Morgan fingerprint density at radius 2 is 2.04 bits per heavy atom. The van der Waals surface area contributed by atoms with Crippen LogP contribution in [-0.4, -0.2) is 22.8 Å². The zero-order chi connectivity index (χ0) is 17.3. The smallest absolute Gasteiger partial charge is 0.254 e. The van der Waals surface area contributed by atoms with E-state index in [-0.39, 0.29) is 11.9 Å². The van der Waals surface area contributed by atoms with Crippen molar-refractivity contribution in [2.24, 2.45) is 0 Å². The molecular formula is C19H20N2O2S. The molecule has 0 fully saturated rings. The van der Waals surface area contributed by atoms with Crippen LogP contribution in [0, 0.1) is 13.8 Å². The molecule has 1 aromatic heterocycles. The molecule has 5 heteroatoms. The molecule has 2 aromatic rings. The SMILES string of the molecule is Cc1nc([C@H](C)N(C)C(=O)C2=Cc3ccccc3OC=C2)c(C)s1. The van der Waals surface area contributed by atoms with Gasteiger partial charge in [0, 0.05) is 23.1 Å². The maximum atomic E-state index is 12.9. The van der Waals surface area contributed by atoms with Crippen LogP contribution in [0.4, 0.5) is 0 Å². The zero-order valence-corrected chi connectivity index (χ0v) is 15.1. The number of thiazole rings is 1. The van der Waals surface area contributed by atoms with E-state index in [0.29, 0.717) is 5.57 Å². The Balaban J connectivity index is 1.88. The molecule has 3 rings (SSSR count). The first-order chi connectivity index (χ1) is 11.5. The third-order valence-corrected chi connectivity index (χ3v) is 5.06. The average molecular weight is 340 g/mol. The number of carbonyl (C=O) groups is 1. The lowest BCUT2D eigenvalue weighted by molar-refractivity contribution is -0.127. The maximum Gasteiger partial charge on any atom is 0.254 e. The highest BCUT2D eigenvalue weighted by molar-refractivity contribution is 7.11. The summed E-state index contributed by atoms with van der Waals surface area (Å²) < 4.78 is 5.56. The van der Waals surface area contributed by atoms with E-state index in [2.05, 4.69) is 4.98 Å². The van der Waals surface area contributed by atoms with Gasteiger partial charge in [0.05, 0.1) is 23.0 Å². The Kier molecular flexibility index (Phi) is 4.53. The zero-order valence-electron chi connectivity index (χ0n) is 14.2. The fraction of sp³-hybridized carbons (Fsp3) is 0.263. The molecule has 2 heterocycles. The molecule has 1 atom stereocenters. The summed E-state index contributed by atoms with van der Waals surface area (Å²) in [6.45, 7) is 6.04. The van der Waals surface area contributed by atoms with Crippen molar-refractivity contribution in [2.75, 3.05) is 7.05 Å². The Morgan fingerprint density at radius 1 is 1.29 bits per heavy atom. The number of aryl methyl sites for hydroxylation is 2. The second kappa shape index (κ2) is 6.61. The molecule has 0 saturated heterocycles. The van der Waals surface area contributed by atoms with E-state index in [1.54, 1.807) is 28.6 Å². The standard InChI is InChI=1S/C19H20N2O2S/c1-12(18-13(2)24-14(3)20-18)21(4)19(22)16-9-10-23-17-8-6-5-7-15(17)11-16/h5-12H,1-4H3/t12-/m0/s1. The number of para-hydroxylation sites is 1. The van der Waals surface area contributed by atoms with Gasteiger partial charge in [0.1, 0.15) is 5.75 Å². The first-order valence-corrected chi connectivity index (χ1v) is 8.64. The summed E-state index contributed by atoms with van der Waals surface area (Å²) in [4.78, 5) is 20.4. The lowest BCUT2D eigenvalue weighted by atomic mass is 10.1. The Morgan fingerprint density at radius 3 is 2.75 bits per heavy atom. The highest BCUT2D eigenvalue weighted by Gasteiger charge is 2.24. The van der Waals surface area contributed by atoms with Crippen molar-refractivity contribution in [1.29, 1.82) is 0 Å². The molecule has 0 saturated carbocycles. The minimum atomic E-state index is -0.0869. The third-order valence-electron chi connectivity index (χ3n) is 4.16. The van der Waals surface area contributed by atoms with Gasteiger partial charge in [-0.2, -0.15) is 0 Å². The predicted molar refractivity (Wildman–Crippen MR) is 97.0 cm³/mol. The summed E-state index contributed by atoms with van der Waals surface area (Å²) >= 11 is 1.66. The van der Waals surface area contributed by atoms with Crippen LogP contribution < -0.4 is 4.74 Å². The van der Waals surface area contributed by atoms with Crippen molar-refractivity contribution >= 4 is 23.3 Å². The van der Waals surface area contributed by atoms with Crippen LogP contribution in [0.2, 0.25) is 0 Å². The number of ether oxygens (including phenoxy) is 1. The second-order valence-electron chi connectivity index (χ2n) is 5.82. The molecule has 0 radical (unpaired) electrons. The van der Waals surface area contributed by atoms with Crippen molar-refractivity contribution in [3.63, 3.8) is 0 Å². The molecule has 0 spiro atoms. The fourth-order valence-electron chi connectivity index (χ4n) is 2.73. The largest absolute Gasteiger partial charge is 0.464 e. The molecule has 4 nitrogen and oxygen atoms in total. The molecule has 124 valence electrons. The van der Waals surface area contributed by atoms with Gasteiger partial charge >= 0.3 is 0 Å². The Bertz CT molecular complexity index is 836. The first kappa shape index (κ1) is 16.5. The van der Waals surface area contributed by atoms with Gasteiger partial charge in [0.2, 0.25) is 0 Å². The van der Waals surface area contributed by atoms with Gasteiger partial charge in [-0.1, -0.05) is 18.2 Å². The number of likely N-dealkylation sites (N-methyl/N-ethyl adjacent to an activating group) is 1. The molecule has 1 aliphatic heterocycles. The van der Waals surface area contributed by atoms with Crippen molar-refractivity contribution < 1.29 is 9.53 Å². The summed E-state index contributed by atoms with van der Waals surface area (Å²) in [5, 5.41) is 1.02. The minimum Gasteiger partial charge on any atom is -0.464 e. The lowest BCUT2D eigenvalue weighted by Crippen LogP contribution is -2.31. The quantitative estimate of drug-likeness (QED) is 0.838. The molecule has 1 aromatic carbocycles. The molecule has 0 aliphatic carbocycles. The lowest BCUT2D eigenvalue weighted by Gasteiger charge is -2.24. The van der Waals surface area contributed by atoms with Crippen LogP contribution in [0.25, 0.3) is 6.08 Å². The van der Waals surface area contributed by atoms with Crippen LogP contribution in [-0.2, 0) is 4.79 Å². The summed E-state index contributed by atoms with van der Waals surface area (Å²) in [5.74, 6) is 0.697. The Hall–Kier alpha value is -2.40. The molecular weight excluding hydrogens is 320 g/mol. The van der Waals surface area contributed by atoms with Crippen LogP contribution in [0.5, 0.6) is 5.75 Å². The third kappa shape index (κ3) is 3.12. The average Bonchev–Trinajstić information content (AvgIpc) is 2.79. The normalized spacial score (nSPS) is 14.2. The predicted octanol–water partition coefficient (Wildman–Crippen LogP) is 4.27. The van der Waals surface area contributed by atoms with Gasteiger partial charge in [-0.25, -0.2) is 4.98 Å². The van der Waals surface area contributed by atoms with E-state index in [1.807, 2.05) is 58.2 Å². The fourth-order valence-corrected chi connectivity index (χ4v) is 3.64. The highest BCUT2D eigenvalue weighted by Crippen LogP contribution is 2.29. The number of aromatic nitrogens is 1. The summed E-state index contributed by atoms with van der Waals surface area (Å²) in [6, 6.07) is 7.58. The number of nitrogens with zero attached hydrogens (tertiary/aromatic N) is 2. The van der Waals surface area contributed by atoms with E-state index >= 15 is 0 Å². The van der Waals surface area contributed by atoms with Gasteiger partial charge in [0.15, 0.2) is 0 Å². The van der Waals surface area contributed by atoms with Gasteiger partial charge in [0.25, 0.3) is 5.91 Å². The van der Waals surface area contributed by atoms with Crippen molar-refractivity contribution in [3.8, 4) is 5.75 Å². The molecule has 1 aliphatic rings. The van der Waals surface area contributed by atoms with Gasteiger partial charge in [-0.3, -0.25) is 4.79 Å². The summed E-state index contributed by atoms with van der Waals surface area (Å²) in [7, 11) is 1.81. The molecule has 0 unspecified atom stereocenters. The Labute approximate surface area is 146 Å². The maximum absolute atomic E-state index is 12.9. The van der Waals surface area contributed by atoms with E-state index in [9.17, 15) is 4.79 Å². The number of fused-ring (bicyclic) bond motifs is 1. The number of amides is 1. The van der Waals surface area contributed by atoms with Gasteiger partial charge in [-0.15, -0.1) is 11.3 Å². The second-order valence-corrected chi connectivity index (χ2v) is 7.23. The number of hydrogen-bond donors (Lipinski definition) is 0. The van der Waals surface area contributed by atoms with Crippen LogP contribution in [0.15, 0.2) is 42.2 Å². The monoisotopic (exact) mass is 340 g/mol. The number of hydrogen-bond acceptors (Lipinski definition) is 4. The molecule has 24 heavy (non-hydrogen) atoms. The van der Waals surface area contributed by atoms with Crippen LogP contribution >= 0.6 is 11.3 Å². The van der Waals surface area contributed by atoms with E-state index in [0.717, 1.165) is 26.9 Å². The number of carbonyl (C=O) groups excluding carboxylic acids is 1. The molecule has 1 amide bonds. The van der Waals surface area contributed by atoms with E-state index in [4.69, 9.17) is 4.74 Å². The summed E-state index contributed by atoms with van der Waals surface area (Å²) in [6.07, 6.45) is 5.14. The topological polar surface area (TPSA) is 42.4 Å². The van der Waals surface area contributed by atoms with Crippen molar-refractivity contribution in [3.05, 3.63) is 63.3 Å². The molecule has 0 bridgehead atoms. The van der Waals surface area contributed by atoms with Gasteiger partial charge in [-0.05, 0) is 39.0 Å². The van der Waals surface area contributed by atoms with Crippen molar-refractivity contribution in [2.45, 2.75) is 26.8 Å². The summed E-state index contributed by atoms with van der Waals surface area (Å²) in [5.41, 5.74) is 2.45. The van der Waals surface area contributed by atoms with Crippen LogP contribution in [0.1, 0.15) is 34.1 Å². The van der Waals surface area contributed by atoms with Crippen molar-refractivity contribution in [1.82, 2.24) is 9.88 Å².